The first-order chi connectivity index (χ1) is 16.0. The number of benzene rings is 3. The summed E-state index contributed by atoms with van der Waals surface area (Å²) in [6.07, 6.45) is 0. The third-order valence-corrected chi connectivity index (χ3v) is 5.20. The molecule has 5 aromatic rings. The van der Waals surface area contributed by atoms with Crippen LogP contribution < -0.4 is 5.32 Å². The fourth-order valence-corrected chi connectivity index (χ4v) is 3.46. The standard InChI is InChI=1S/C25H17N3O5/c1-15-9-10-17(25-27-19-7-2-3-8-22(19)33-25)14-20(15)26-24(29)23-12-11-21(32-23)16-5-4-6-18(13-16)28(30)31/h2-14H,1H3,(H,26,29). The predicted octanol–water partition coefficient (Wildman–Crippen LogP) is 6.22. The number of rotatable bonds is 5. The van der Waals surface area contributed by atoms with E-state index in [0.29, 0.717) is 28.5 Å². The maximum absolute atomic E-state index is 12.8. The summed E-state index contributed by atoms with van der Waals surface area (Å²) in [5.41, 5.74) is 4.07. The lowest BCUT2D eigenvalue weighted by Crippen LogP contribution is -2.11. The molecule has 33 heavy (non-hydrogen) atoms. The molecule has 8 heteroatoms. The van der Waals surface area contributed by atoms with Crippen LogP contribution in [0.5, 0.6) is 0 Å². The molecule has 1 amide bonds. The van der Waals surface area contributed by atoms with Gasteiger partial charge in [-0.15, -0.1) is 0 Å². The minimum absolute atomic E-state index is 0.0541. The third-order valence-electron chi connectivity index (χ3n) is 5.20. The minimum atomic E-state index is -0.479. The van der Waals surface area contributed by atoms with Gasteiger partial charge in [0.1, 0.15) is 11.3 Å². The second-order valence-electron chi connectivity index (χ2n) is 7.44. The van der Waals surface area contributed by atoms with Crippen LogP contribution in [0, 0.1) is 17.0 Å². The van der Waals surface area contributed by atoms with Crippen molar-refractivity contribution in [1.82, 2.24) is 4.98 Å². The van der Waals surface area contributed by atoms with Gasteiger partial charge in [0, 0.05) is 28.9 Å². The summed E-state index contributed by atoms with van der Waals surface area (Å²) in [6, 6.07) is 22.2. The number of nitro groups is 1. The van der Waals surface area contributed by atoms with E-state index in [9.17, 15) is 14.9 Å². The number of anilines is 1. The van der Waals surface area contributed by atoms with E-state index in [1.54, 1.807) is 24.3 Å². The van der Waals surface area contributed by atoms with Gasteiger partial charge in [0.05, 0.1) is 4.92 Å². The number of aromatic nitrogens is 1. The average Bonchev–Trinajstić information content (AvgIpc) is 3.48. The summed E-state index contributed by atoms with van der Waals surface area (Å²) in [5.74, 6) is 0.464. The van der Waals surface area contributed by atoms with Crippen LogP contribution in [-0.4, -0.2) is 15.8 Å². The zero-order valence-corrected chi connectivity index (χ0v) is 17.4. The number of hydrogen-bond donors (Lipinski definition) is 1. The van der Waals surface area contributed by atoms with Crippen molar-refractivity contribution in [1.29, 1.82) is 0 Å². The highest BCUT2D eigenvalue weighted by Gasteiger charge is 2.16. The highest BCUT2D eigenvalue weighted by atomic mass is 16.6. The van der Waals surface area contributed by atoms with Gasteiger partial charge in [-0.2, -0.15) is 0 Å². The van der Waals surface area contributed by atoms with Crippen molar-refractivity contribution in [3.63, 3.8) is 0 Å². The summed E-state index contributed by atoms with van der Waals surface area (Å²) in [4.78, 5) is 27.9. The Balaban J connectivity index is 1.40. The van der Waals surface area contributed by atoms with Crippen molar-refractivity contribution in [3.8, 4) is 22.8 Å². The molecule has 0 unspecified atom stereocenters. The molecule has 0 aliphatic heterocycles. The Kier molecular flexibility index (Phi) is 4.95. The molecule has 0 saturated carbocycles. The molecular weight excluding hydrogens is 422 g/mol. The summed E-state index contributed by atoms with van der Waals surface area (Å²) in [6.45, 7) is 1.88. The Morgan fingerprint density at radius 1 is 0.939 bits per heavy atom. The normalized spacial score (nSPS) is 10.9. The van der Waals surface area contributed by atoms with Gasteiger partial charge in [0.25, 0.3) is 11.6 Å². The Hall–Kier alpha value is -4.72. The molecule has 0 saturated heterocycles. The van der Waals surface area contributed by atoms with E-state index in [1.165, 1.54) is 18.2 Å². The van der Waals surface area contributed by atoms with Crippen molar-refractivity contribution in [2.45, 2.75) is 6.92 Å². The molecule has 8 nitrogen and oxygen atoms in total. The van der Waals surface area contributed by atoms with Gasteiger partial charge in [0.2, 0.25) is 5.89 Å². The van der Waals surface area contributed by atoms with E-state index in [0.717, 1.165) is 16.6 Å². The monoisotopic (exact) mass is 439 g/mol. The van der Waals surface area contributed by atoms with Crippen LogP contribution >= 0.6 is 0 Å². The molecule has 0 radical (unpaired) electrons. The molecule has 5 rings (SSSR count). The van der Waals surface area contributed by atoms with Gasteiger partial charge < -0.3 is 14.2 Å². The number of aryl methyl sites for hydroxylation is 1. The second-order valence-corrected chi connectivity index (χ2v) is 7.44. The molecule has 0 atom stereocenters. The Bertz CT molecular complexity index is 1480. The minimum Gasteiger partial charge on any atom is -0.451 e. The number of oxazole rings is 1. The zero-order chi connectivity index (χ0) is 22.9. The number of para-hydroxylation sites is 2. The summed E-state index contributed by atoms with van der Waals surface area (Å²) in [7, 11) is 0. The van der Waals surface area contributed by atoms with Crippen LogP contribution in [0.15, 0.2) is 87.7 Å². The number of non-ortho nitro benzene ring substituents is 1. The Morgan fingerprint density at radius 3 is 2.61 bits per heavy atom. The Labute approximate surface area is 187 Å². The summed E-state index contributed by atoms with van der Waals surface area (Å²) < 4.78 is 11.5. The maximum Gasteiger partial charge on any atom is 0.291 e. The first-order valence-electron chi connectivity index (χ1n) is 10.1. The zero-order valence-electron chi connectivity index (χ0n) is 17.4. The van der Waals surface area contributed by atoms with Crippen molar-refractivity contribution < 1.29 is 18.6 Å². The van der Waals surface area contributed by atoms with Crippen LogP contribution in [0.3, 0.4) is 0 Å². The fraction of sp³-hybridized carbons (Fsp3) is 0.0400. The lowest BCUT2D eigenvalue weighted by molar-refractivity contribution is -0.384. The number of hydrogen-bond acceptors (Lipinski definition) is 6. The number of carbonyl (C=O) groups is 1. The van der Waals surface area contributed by atoms with Crippen LogP contribution in [-0.2, 0) is 0 Å². The smallest absolute Gasteiger partial charge is 0.291 e. The molecule has 2 aromatic heterocycles. The number of carbonyl (C=O) groups excluding carboxylic acids is 1. The van der Waals surface area contributed by atoms with E-state index in [-0.39, 0.29) is 11.4 Å². The highest BCUT2D eigenvalue weighted by molar-refractivity contribution is 6.03. The first kappa shape index (κ1) is 20.2. The second kappa shape index (κ2) is 8.08. The lowest BCUT2D eigenvalue weighted by atomic mass is 10.1. The third kappa shape index (κ3) is 3.97. The topological polar surface area (TPSA) is 111 Å². The van der Waals surface area contributed by atoms with Gasteiger partial charge in [-0.05, 0) is 48.9 Å². The van der Waals surface area contributed by atoms with Gasteiger partial charge >= 0.3 is 0 Å². The summed E-state index contributed by atoms with van der Waals surface area (Å²) >= 11 is 0. The fourth-order valence-electron chi connectivity index (χ4n) is 3.46. The SMILES string of the molecule is Cc1ccc(-c2nc3ccccc3o2)cc1NC(=O)c1ccc(-c2cccc([N+](=O)[O-])c2)o1. The van der Waals surface area contributed by atoms with Crippen molar-refractivity contribution in [2.75, 3.05) is 5.32 Å². The number of nitro benzene ring substituents is 1. The van der Waals surface area contributed by atoms with Gasteiger partial charge in [-0.1, -0.05) is 30.3 Å². The number of nitrogens with one attached hydrogen (secondary N) is 1. The molecule has 3 aromatic carbocycles. The molecule has 2 heterocycles. The van der Waals surface area contributed by atoms with Crippen LogP contribution in [0.25, 0.3) is 33.9 Å². The number of fused-ring (bicyclic) bond motifs is 1. The molecule has 1 N–H and O–H groups in total. The van der Waals surface area contributed by atoms with Gasteiger partial charge in [-0.3, -0.25) is 14.9 Å². The largest absolute Gasteiger partial charge is 0.451 e. The number of nitrogens with zero attached hydrogens (tertiary/aromatic N) is 2. The van der Waals surface area contributed by atoms with E-state index >= 15 is 0 Å². The number of furan rings is 1. The van der Waals surface area contributed by atoms with E-state index in [4.69, 9.17) is 8.83 Å². The summed E-state index contributed by atoms with van der Waals surface area (Å²) in [5, 5.41) is 13.9. The van der Waals surface area contributed by atoms with Crippen LogP contribution in [0.4, 0.5) is 11.4 Å². The molecule has 0 spiro atoms. The maximum atomic E-state index is 12.8. The molecule has 0 fully saturated rings. The van der Waals surface area contributed by atoms with E-state index in [1.807, 2.05) is 43.3 Å². The van der Waals surface area contributed by atoms with Gasteiger partial charge in [0.15, 0.2) is 11.3 Å². The van der Waals surface area contributed by atoms with E-state index in [2.05, 4.69) is 10.3 Å². The molecule has 0 aliphatic rings. The molecule has 0 bridgehead atoms. The van der Waals surface area contributed by atoms with Gasteiger partial charge in [-0.25, -0.2) is 4.98 Å². The van der Waals surface area contributed by atoms with Crippen molar-refractivity contribution in [2.24, 2.45) is 0 Å². The van der Waals surface area contributed by atoms with Crippen LogP contribution in [0.1, 0.15) is 16.1 Å². The molecule has 162 valence electrons. The van der Waals surface area contributed by atoms with Crippen molar-refractivity contribution >= 4 is 28.4 Å². The molecule has 0 aliphatic carbocycles. The molecular formula is C25H17N3O5. The predicted molar refractivity (Wildman–Crippen MR) is 123 cm³/mol. The average molecular weight is 439 g/mol. The number of amides is 1. The van der Waals surface area contributed by atoms with E-state index < -0.39 is 10.8 Å². The first-order valence-corrected chi connectivity index (χ1v) is 10.1. The Morgan fingerprint density at radius 2 is 1.79 bits per heavy atom. The highest BCUT2D eigenvalue weighted by Crippen LogP contribution is 2.29. The van der Waals surface area contributed by atoms with Crippen LogP contribution in [0.2, 0.25) is 0 Å². The quantitative estimate of drug-likeness (QED) is 0.257. The lowest BCUT2D eigenvalue weighted by Gasteiger charge is -2.08. The van der Waals surface area contributed by atoms with Crippen molar-refractivity contribution in [3.05, 3.63) is 100 Å².